The second-order valence-electron chi connectivity index (χ2n) is 7.37. The standard InChI is InChI=1S/C20H25N5O2/c1-14-21-17-8-4-5-9-19(17)25(14)13-16-11-18(22-27-16)20(26)24(3)12-15-7-6-10-23(15)2/h4-5,8-9,11,15H,6-7,10,12-13H2,1-3H3. The Balaban J connectivity index is 1.48. The van der Waals surface area contributed by atoms with Crippen molar-refractivity contribution >= 4 is 16.9 Å². The minimum absolute atomic E-state index is 0.0995. The first-order valence-corrected chi connectivity index (χ1v) is 9.36. The molecule has 0 N–H and O–H groups in total. The molecule has 4 rings (SSSR count). The molecular formula is C20H25N5O2. The zero-order valence-electron chi connectivity index (χ0n) is 16.1. The van der Waals surface area contributed by atoms with Crippen LogP contribution in [0.15, 0.2) is 34.9 Å². The summed E-state index contributed by atoms with van der Waals surface area (Å²) in [6.07, 6.45) is 2.32. The Morgan fingerprint density at radius 2 is 2.19 bits per heavy atom. The summed E-state index contributed by atoms with van der Waals surface area (Å²) in [4.78, 5) is 21.3. The molecule has 0 spiro atoms. The predicted octanol–water partition coefficient (Wildman–Crippen LogP) is 2.55. The van der Waals surface area contributed by atoms with Crippen LogP contribution in [0.5, 0.6) is 0 Å². The van der Waals surface area contributed by atoms with E-state index in [9.17, 15) is 4.79 Å². The molecule has 2 aromatic heterocycles. The molecule has 1 atom stereocenters. The van der Waals surface area contributed by atoms with Crippen LogP contribution >= 0.6 is 0 Å². The fraction of sp³-hybridized carbons (Fsp3) is 0.450. The number of fused-ring (bicyclic) bond motifs is 1. The molecule has 7 nitrogen and oxygen atoms in total. The van der Waals surface area contributed by atoms with Gasteiger partial charge in [-0.15, -0.1) is 0 Å². The van der Waals surface area contributed by atoms with E-state index in [0.717, 1.165) is 29.8 Å². The Labute approximate surface area is 158 Å². The van der Waals surface area contributed by atoms with Gasteiger partial charge in [-0.1, -0.05) is 17.3 Å². The number of aromatic nitrogens is 3. The Hall–Kier alpha value is -2.67. The molecular weight excluding hydrogens is 342 g/mol. The third-order valence-corrected chi connectivity index (χ3v) is 5.44. The van der Waals surface area contributed by atoms with Crippen molar-refractivity contribution in [3.63, 3.8) is 0 Å². The molecule has 142 valence electrons. The Morgan fingerprint density at radius 1 is 1.37 bits per heavy atom. The first-order chi connectivity index (χ1) is 13.0. The first kappa shape index (κ1) is 17.7. The number of para-hydroxylation sites is 2. The second-order valence-corrected chi connectivity index (χ2v) is 7.37. The topological polar surface area (TPSA) is 67.4 Å². The number of aryl methyl sites for hydroxylation is 1. The maximum atomic E-state index is 12.7. The molecule has 7 heteroatoms. The van der Waals surface area contributed by atoms with Gasteiger partial charge in [-0.2, -0.15) is 0 Å². The molecule has 0 bridgehead atoms. The van der Waals surface area contributed by atoms with E-state index in [1.807, 2.05) is 38.2 Å². The number of likely N-dealkylation sites (tertiary alicyclic amines) is 1. The number of benzene rings is 1. The lowest BCUT2D eigenvalue weighted by Crippen LogP contribution is -2.39. The minimum atomic E-state index is -0.0995. The third kappa shape index (κ3) is 3.47. The summed E-state index contributed by atoms with van der Waals surface area (Å²) in [5, 5.41) is 4.01. The van der Waals surface area contributed by atoms with Gasteiger partial charge in [0, 0.05) is 25.7 Å². The third-order valence-electron chi connectivity index (χ3n) is 5.44. The van der Waals surface area contributed by atoms with E-state index >= 15 is 0 Å². The van der Waals surface area contributed by atoms with Gasteiger partial charge in [0.25, 0.3) is 5.91 Å². The zero-order valence-corrected chi connectivity index (χ0v) is 16.1. The molecule has 0 aliphatic carbocycles. The highest BCUT2D eigenvalue weighted by Crippen LogP contribution is 2.19. The van der Waals surface area contributed by atoms with Crippen molar-refractivity contribution in [3.05, 3.63) is 47.6 Å². The number of nitrogens with zero attached hydrogens (tertiary/aromatic N) is 5. The van der Waals surface area contributed by atoms with Crippen LogP contribution in [-0.2, 0) is 6.54 Å². The van der Waals surface area contributed by atoms with Gasteiger partial charge >= 0.3 is 0 Å². The lowest BCUT2D eigenvalue weighted by atomic mass is 10.2. The Kier molecular flexibility index (Phi) is 4.70. The van der Waals surface area contributed by atoms with Crippen LogP contribution in [0.25, 0.3) is 11.0 Å². The maximum Gasteiger partial charge on any atom is 0.275 e. The SMILES string of the molecule is Cc1nc2ccccc2n1Cc1cc(C(=O)N(C)CC2CCCN2C)no1. The molecule has 3 heterocycles. The van der Waals surface area contributed by atoms with Gasteiger partial charge in [-0.25, -0.2) is 4.98 Å². The number of carbonyl (C=O) groups excluding carboxylic acids is 1. The predicted molar refractivity (Wildman–Crippen MR) is 103 cm³/mol. The summed E-state index contributed by atoms with van der Waals surface area (Å²) in [7, 11) is 3.94. The first-order valence-electron chi connectivity index (χ1n) is 9.36. The van der Waals surface area contributed by atoms with E-state index < -0.39 is 0 Å². The number of carbonyl (C=O) groups is 1. The van der Waals surface area contributed by atoms with Crippen molar-refractivity contribution in [3.8, 4) is 0 Å². The van der Waals surface area contributed by atoms with Crippen LogP contribution in [0.2, 0.25) is 0 Å². The van der Waals surface area contributed by atoms with E-state index in [4.69, 9.17) is 4.52 Å². The molecule has 27 heavy (non-hydrogen) atoms. The molecule has 3 aromatic rings. The lowest BCUT2D eigenvalue weighted by Gasteiger charge is -2.25. The smallest absolute Gasteiger partial charge is 0.275 e. The van der Waals surface area contributed by atoms with Crippen LogP contribution in [0.1, 0.15) is 34.9 Å². The molecule has 0 saturated carbocycles. The van der Waals surface area contributed by atoms with Gasteiger partial charge in [-0.3, -0.25) is 4.79 Å². The number of hydrogen-bond donors (Lipinski definition) is 0. The zero-order chi connectivity index (χ0) is 19.0. The average molecular weight is 367 g/mol. The van der Waals surface area contributed by atoms with Crippen molar-refractivity contribution in [2.45, 2.75) is 32.4 Å². The minimum Gasteiger partial charge on any atom is -0.359 e. The largest absolute Gasteiger partial charge is 0.359 e. The van der Waals surface area contributed by atoms with Crippen LogP contribution < -0.4 is 0 Å². The van der Waals surface area contributed by atoms with Gasteiger partial charge in [-0.05, 0) is 45.5 Å². The summed E-state index contributed by atoms with van der Waals surface area (Å²) < 4.78 is 7.52. The second kappa shape index (κ2) is 7.15. The van der Waals surface area contributed by atoms with Crippen molar-refractivity contribution in [2.75, 3.05) is 27.2 Å². The Bertz CT molecular complexity index is 960. The van der Waals surface area contributed by atoms with E-state index in [1.165, 1.54) is 6.42 Å². The van der Waals surface area contributed by atoms with E-state index in [0.29, 0.717) is 30.6 Å². The van der Waals surface area contributed by atoms with Gasteiger partial charge < -0.3 is 18.9 Å². The van der Waals surface area contributed by atoms with E-state index in [-0.39, 0.29) is 5.91 Å². The highest BCUT2D eigenvalue weighted by atomic mass is 16.5. The summed E-state index contributed by atoms with van der Waals surface area (Å²) in [6, 6.07) is 10.1. The van der Waals surface area contributed by atoms with Gasteiger partial charge in [0.1, 0.15) is 5.82 Å². The van der Waals surface area contributed by atoms with Crippen molar-refractivity contribution in [2.24, 2.45) is 0 Å². The summed E-state index contributed by atoms with van der Waals surface area (Å²) in [5.74, 6) is 1.45. The summed E-state index contributed by atoms with van der Waals surface area (Å²) in [5.41, 5.74) is 2.35. The van der Waals surface area contributed by atoms with E-state index in [1.54, 1.807) is 11.0 Å². The van der Waals surface area contributed by atoms with Gasteiger partial charge in [0.15, 0.2) is 11.5 Å². The average Bonchev–Trinajstić information content (AvgIpc) is 3.36. The molecule has 1 fully saturated rings. The van der Waals surface area contributed by atoms with Gasteiger partial charge in [0.2, 0.25) is 0 Å². The molecule has 1 aliphatic rings. The number of rotatable bonds is 5. The van der Waals surface area contributed by atoms with Crippen molar-refractivity contribution < 1.29 is 9.32 Å². The highest BCUT2D eigenvalue weighted by Gasteiger charge is 2.25. The normalized spacial score (nSPS) is 17.7. The Morgan fingerprint density at radius 3 is 2.96 bits per heavy atom. The number of likely N-dealkylation sites (N-methyl/N-ethyl adjacent to an activating group) is 2. The fourth-order valence-electron chi connectivity index (χ4n) is 3.84. The molecule has 1 amide bonds. The maximum absolute atomic E-state index is 12.7. The number of hydrogen-bond acceptors (Lipinski definition) is 5. The molecule has 1 aliphatic heterocycles. The molecule has 1 saturated heterocycles. The fourth-order valence-corrected chi connectivity index (χ4v) is 3.84. The van der Waals surface area contributed by atoms with Crippen LogP contribution in [0, 0.1) is 6.92 Å². The van der Waals surface area contributed by atoms with Crippen molar-refractivity contribution in [1.29, 1.82) is 0 Å². The quantitative estimate of drug-likeness (QED) is 0.693. The molecule has 0 radical (unpaired) electrons. The summed E-state index contributed by atoms with van der Waals surface area (Å²) >= 11 is 0. The number of amides is 1. The van der Waals surface area contributed by atoms with Crippen LogP contribution in [-0.4, -0.2) is 63.6 Å². The van der Waals surface area contributed by atoms with Crippen LogP contribution in [0.3, 0.4) is 0 Å². The van der Waals surface area contributed by atoms with Crippen molar-refractivity contribution in [1.82, 2.24) is 24.5 Å². The van der Waals surface area contributed by atoms with E-state index in [2.05, 4.69) is 26.7 Å². The summed E-state index contributed by atoms with van der Waals surface area (Å²) in [6.45, 7) is 4.28. The molecule has 1 aromatic carbocycles. The monoisotopic (exact) mass is 367 g/mol. The van der Waals surface area contributed by atoms with Crippen LogP contribution in [0.4, 0.5) is 0 Å². The van der Waals surface area contributed by atoms with Gasteiger partial charge in [0.05, 0.1) is 17.6 Å². The lowest BCUT2D eigenvalue weighted by molar-refractivity contribution is 0.0751. The molecule has 1 unspecified atom stereocenters. The number of imidazole rings is 1. The highest BCUT2D eigenvalue weighted by molar-refractivity contribution is 5.92.